The zero-order valence-electron chi connectivity index (χ0n) is 6.37. The summed E-state index contributed by atoms with van der Waals surface area (Å²) in [4.78, 5) is 14.5. The molecule has 4 nitrogen and oxygen atoms in total. The quantitative estimate of drug-likeness (QED) is 0.697. The molecule has 64 valence electrons. The first-order valence-corrected chi connectivity index (χ1v) is 3.52. The van der Waals surface area contributed by atoms with Crippen LogP contribution in [0.1, 0.15) is 10.4 Å². The fourth-order valence-corrected chi connectivity index (χ4v) is 0.930. The van der Waals surface area contributed by atoms with Gasteiger partial charge in [0.15, 0.2) is 0 Å². The number of aromatic nitrogens is 1. The Morgan fingerprint density at radius 1 is 1.75 bits per heavy atom. The monoisotopic (exact) mass is 186 g/mol. The average molecular weight is 187 g/mol. The number of nitrogens with zero attached hydrogens (tertiary/aromatic N) is 1. The minimum Gasteiger partial charge on any atom is -0.494 e. The maximum Gasteiger partial charge on any atom is 0.252 e. The zero-order valence-corrected chi connectivity index (χ0v) is 7.13. The van der Waals surface area contributed by atoms with Crippen molar-refractivity contribution in [3.63, 3.8) is 0 Å². The fraction of sp³-hybridized carbons (Fsp3) is 0.143. The van der Waals surface area contributed by atoms with E-state index >= 15 is 0 Å². The molecular weight excluding hydrogens is 180 g/mol. The molecule has 0 unspecified atom stereocenters. The molecule has 0 aliphatic heterocycles. The highest BCUT2D eigenvalue weighted by atomic mass is 35.5. The van der Waals surface area contributed by atoms with Gasteiger partial charge in [-0.3, -0.25) is 4.79 Å². The predicted octanol–water partition coefficient (Wildman–Crippen LogP) is 0.843. The summed E-state index contributed by atoms with van der Waals surface area (Å²) < 4.78 is 4.84. The van der Waals surface area contributed by atoms with Crippen LogP contribution in [0.5, 0.6) is 5.75 Å². The van der Waals surface area contributed by atoms with Crippen LogP contribution in [-0.2, 0) is 0 Å². The molecule has 1 aromatic rings. The van der Waals surface area contributed by atoms with Crippen molar-refractivity contribution in [3.05, 3.63) is 23.0 Å². The SMILES string of the molecule is COc1cnc(Cl)cc1C(N)=O. The van der Waals surface area contributed by atoms with Gasteiger partial charge in [0.2, 0.25) is 0 Å². The van der Waals surface area contributed by atoms with Crippen molar-refractivity contribution in [3.8, 4) is 5.75 Å². The Morgan fingerprint density at radius 3 is 2.92 bits per heavy atom. The molecule has 5 heteroatoms. The van der Waals surface area contributed by atoms with Gasteiger partial charge in [-0.2, -0.15) is 0 Å². The molecule has 0 spiro atoms. The van der Waals surface area contributed by atoms with Gasteiger partial charge in [0.25, 0.3) is 5.91 Å². The molecule has 1 aromatic heterocycles. The summed E-state index contributed by atoms with van der Waals surface area (Å²) in [5.74, 6) is -0.261. The minimum atomic E-state index is -0.587. The van der Waals surface area contributed by atoms with Crippen LogP contribution < -0.4 is 10.5 Å². The maximum absolute atomic E-state index is 10.8. The number of hydrogen-bond donors (Lipinski definition) is 1. The van der Waals surface area contributed by atoms with Crippen molar-refractivity contribution in [1.82, 2.24) is 4.98 Å². The Hall–Kier alpha value is -1.29. The van der Waals surface area contributed by atoms with Gasteiger partial charge in [-0.1, -0.05) is 11.6 Å². The summed E-state index contributed by atoms with van der Waals surface area (Å²) in [5.41, 5.74) is 5.29. The van der Waals surface area contributed by atoms with Crippen LogP contribution in [0.2, 0.25) is 5.15 Å². The van der Waals surface area contributed by atoms with E-state index in [0.717, 1.165) is 0 Å². The highest BCUT2D eigenvalue weighted by Crippen LogP contribution is 2.18. The Kier molecular flexibility index (Phi) is 2.50. The van der Waals surface area contributed by atoms with Crippen molar-refractivity contribution in [1.29, 1.82) is 0 Å². The van der Waals surface area contributed by atoms with Crippen molar-refractivity contribution < 1.29 is 9.53 Å². The van der Waals surface area contributed by atoms with Gasteiger partial charge in [0.1, 0.15) is 10.9 Å². The Labute approximate surface area is 74.3 Å². The second-order valence-corrected chi connectivity index (χ2v) is 2.46. The Morgan fingerprint density at radius 2 is 2.42 bits per heavy atom. The van der Waals surface area contributed by atoms with E-state index in [2.05, 4.69) is 4.98 Å². The van der Waals surface area contributed by atoms with E-state index in [1.807, 2.05) is 0 Å². The molecule has 0 saturated heterocycles. The number of methoxy groups -OCH3 is 1. The van der Waals surface area contributed by atoms with Crippen molar-refractivity contribution in [2.45, 2.75) is 0 Å². The van der Waals surface area contributed by atoms with Crippen molar-refractivity contribution in [2.24, 2.45) is 5.73 Å². The molecule has 0 bridgehead atoms. The molecule has 0 aliphatic rings. The second kappa shape index (κ2) is 3.40. The van der Waals surface area contributed by atoms with E-state index < -0.39 is 5.91 Å². The lowest BCUT2D eigenvalue weighted by Crippen LogP contribution is -2.12. The Bertz CT molecular complexity index is 314. The number of rotatable bonds is 2. The molecule has 0 aromatic carbocycles. The third-order valence-corrected chi connectivity index (χ3v) is 1.53. The van der Waals surface area contributed by atoms with Crippen LogP contribution in [0.3, 0.4) is 0 Å². The molecule has 1 rings (SSSR count). The van der Waals surface area contributed by atoms with Crippen LogP contribution in [0.15, 0.2) is 12.3 Å². The summed E-state index contributed by atoms with van der Waals surface area (Å²) in [6.45, 7) is 0. The average Bonchev–Trinajstić information content (AvgIpc) is 2.04. The first-order chi connectivity index (χ1) is 5.65. The largest absolute Gasteiger partial charge is 0.494 e. The van der Waals surface area contributed by atoms with Crippen LogP contribution in [0.4, 0.5) is 0 Å². The van der Waals surface area contributed by atoms with E-state index in [0.29, 0.717) is 5.75 Å². The smallest absolute Gasteiger partial charge is 0.252 e. The molecule has 2 N–H and O–H groups in total. The normalized spacial score (nSPS) is 9.50. The number of nitrogens with two attached hydrogens (primary N) is 1. The van der Waals surface area contributed by atoms with Crippen LogP contribution >= 0.6 is 11.6 Å². The highest BCUT2D eigenvalue weighted by Gasteiger charge is 2.09. The van der Waals surface area contributed by atoms with Crippen LogP contribution in [0, 0.1) is 0 Å². The van der Waals surface area contributed by atoms with Gasteiger partial charge in [-0.15, -0.1) is 0 Å². The lowest BCUT2D eigenvalue weighted by atomic mass is 10.2. The standard InChI is InChI=1S/C7H7ClN2O2/c1-12-5-3-10-6(8)2-4(5)7(9)11/h2-3H,1H3,(H2,9,11). The number of carbonyl (C=O) groups is 1. The number of hydrogen-bond acceptors (Lipinski definition) is 3. The summed E-state index contributed by atoms with van der Waals surface area (Å²) in [7, 11) is 1.43. The molecular formula is C7H7ClN2O2. The van der Waals surface area contributed by atoms with Gasteiger partial charge in [0.05, 0.1) is 18.9 Å². The maximum atomic E-state index is 10.8. The molecule has 0 saturated carbocycles. The first-order valence-electron chi connectivity index (χ1n) is 3.14. The third-order valence-electron chi connectivity index (χ3n) is 1.32. The molecule has 0 aliphatic carbocycles. The summed E-state index contributed by atoms with van der Waals surface area (Å²) >= 11 is 5.54. The first kappa shape index (κ1) is 8.80. The third kappa shape index (κ3) is 1.65. The number of pyridine rings is 1. The molecule has 1 heterocycles. The predicted molar refractivity (Wildman–Crippen MR) is 44.3 cm³/mol. The number of ether oxygens (including phenoxy) is 1. The fourth-order valence-electron chi connectivity index (χ4n) is 0.773. The lowest BCUT2D eigenvalue weighted by molar-refractivity contribution is 0.0997. The second-order valence-electron chi connectivity index (χ2n) is 2.07. The number of carbonyl (C=O) groups excluding carboxylic acids is 1. The van der Waals surface area contributed by atoms with E-state index in [9.17, 15) is 4.79 Å². The van der Waals surface area contributed by atoms with E-state index in [1.54, 1.807) is 0 Å². The highest BCUT2D eigenvalue weighted by molar-refractivity contribution is 6.29. The van der Waals surface area contributed by atoms with E-state index in [1.165, 1.54) is 19.4 Å². The molecule has 0 radical (unpaired) electrons. The van der Waals surface area contributed by atoms with Crippen molar-refractivity contribution in [2.75, 3.05) is 7.11 Å². The van der Waals surface area contributed by atoms with Gasteiger partial charge >= 0.3 is 0 Å². The van der Waals surface area contributed by atoms with Crippen LogP contribution in [-0.4, -0.2) is 18.0 Å². The number of primary amides is 1. The minimum absolute atomic E-state index is 0.213. The van der Waals surface area contributed by atoms with Gasteiger partial charge in [-0.25, -0.2) is 4.98 Å². The lowest BCUT2D eigenvalue weighted by Gasteiger charge is -2.03. The topological polar surface area (TPSA) is 65.2 Å². The summed E-state index contributed by atoms with van der Waals surface area (Å²) in [5, 5.41) is 0.213. The van der Waals surface area contributed by atoms with Gasteiger partial charge in [0, 0.05) is 0 Å². The van der Waals surface area contributed by atoms with E-state index in [4.69, 9.17) is 22.1 Å². The summed E-state index contributed by atoms with van der Waals surface area (Å²) in [6, 6.07) is 1.36. The van der Waals surface area contributed by atoms with E-state index in [-0.39, 0.29) is 10.7 Å². The zero-order chi connectivity index (χ0) is 9.14. The number of amides is 1. The van der Waals surface area contributed by atoms with Crippen LogP contribution in [0.25, 0.3) is 0 Å². The van der Waals surface area contributed by atoms with Gasteiger partial charge in [-0.05, 0) is 6.07 Å². The molecule has 0 atom stereocenters. The molecule has 12 heavy (non-hydrogen) atoms. The number of halogens is 1. The summed E-state index contributed by atoms with van der Waals surface area (Å²) in [6.07, 6.45) is 1.35. The van der Waals surface area contributed by atoms with Gasteiger partial charge < -0.3 is 10.5 Å². The van der Waals surface area contributed by atoms with Crippen molar-refractivity contribution >= 4 is 17.5 Å². The molecule has 0 fully saturated rings. The molecule has 1 amide bonds. The Balaban J connectivity index is 3.21.